The number of carbonyl (C=O) groups excluding carboxylic acids is 2. The molecule has 4 aliphatic heterocycles. The lowest BCUT2D eigenvalue weighted by atomic mass is 9.65. The molecule has 2 amide bonds. The first kappa shape index (κ1) is 23.2. The number of hydrogen-bond acceptors (Lipinski definition) is 7. The van der Waals surface area contributed by atoms with Crippen LogP contribution in [0.2, 0.25) is 0 Å². The molecular weight excluding hydrogens is 448 g/mol. The molecule has 0 radical (unpaired) electrons. The van der Waals surface area contributed by atoms with Crippen molar-refractivity contribution in [3.05, 3.63) is 0 Å². The summed E-state index contributed by atoms with van der Waals surface area (Å²) in [6.07, 6.45) is 5.22. The van der Waals surface area contributed by atoms with E-state index in [1.54, 1.807) is 0 Å². The number of thioether (sulfide) groups is 1. The van der Waals surface area contributed by atoms with Gasteiger partial charge in [0.2, 0.25) is 11.8 Å². The Bertz CT molecular complexity index is 710. The summed E-state index contributed by atoms with van der Waals surface area (Å²) in [6.45, 7) is 5.58. The van der Waals surface area contributed by atoms with E-state index < -0.39 is 0 Å². The van der Waals surface area contributed by atoms with Crippen LogP contribution in [0.25, 0.3) is 0 Å². The van der Waals surface area contributed by atoms with E-state index in [0.29, 0.717) is 23.0 Å². The lowest BCUT2D eigenvalue weighted by molar-refractivity contribution is -0.132. The summed E-state index contributed by atoms with van der Waals surface area (Å²) >= 11 is 8.63. The highest BCUT2D eigenvalue weighted by Gasteiger charge is 2.49. The van der Waals surface area contributed by atoms with Gasteiger partial charge in [-0.05, 0) is 43.4 Å². The third kappa shape index (κ3) is 4.53. The van der Waals surface area contributed by atoms with Crippen LogP contribution in [0.5, 0.6) is 0 Å². The van der Waals surface area contributed by atoms with E-state index >= 15 is 0 Å². The zero-order valence-corrected chi connectivity index (χ0v) is 20.4. The van der Waals surface area contributed by atoms with Crippen molar-refractivity contribution in [2.75, 3.05) is 31.9 Å². The summed E-state index contributed by atoms with van der Waals surface area (Å²) in [6, 6.07) is 0.0567. The molecule has 10 heteroatoms. The van der Waals surface area contributed by atoms with Gasteiger partial charge in [-0.25, -0.2) is 10.9 Å². The van der Waals surface area contributed by atoms with Crippen LogP contribution in [0.4, 0.5) is 0 Å². The Morgan fingerprint density at radius 2 is 1.97 bits per heavy atom. The molecule has 4 heterocycles. The van der Waals surface area contributed by atoms with Gasteiger partial charge in [0.25, 0.3) is 0 Å². The molecule has 8 nitrogen and oxygen atoms in total. The second-order valence-corrected chi connectivity index (χ2v) is 12.0. The molecular formula is C22H37ClN6O2S. The summed E-state index contributed by atoms with van der Waals surface area (Å²) < 4.78 is 0. The predicted molar refractivity (Wildman–Crippen MR) is 127 cm³/mol. The van der Waals surface area contributed by atoms with Crippen LogP contribution in [-0.4, -0.2) is 71.7 Å². The number of carbonyl (C=O) groups is 2. The van der Waals surface area contributed by atoms with Gasteiger partial charge in [0.15, 0.2) is 0 Å². The van der Waals surface area contributed by atoms with Gasteiger partial charge < -0.3 is 10.6 Å². The first-order chi connectivity index (χ1) is 15.5. The Morgan fingerprint density at radius 3 is 2.75 bits per heavy atom. The van der Waals surface area contributed by atoms with Gasteiger partial charge in [-0.1, -0.05) is 13.3 Å². The summed E-state index contributed by atoms with van der Waals surface area (Å²) in [5.41, 5.74) is 6.56. The fourth-order valence-corrected chi connectivity index (χ4v) is 9.05. The van der Waals surface area contributed by atoms with Crippen LogP contribution < -0.4 is 26.8 Å². The van der Waals surface area contributed by atoms with Gasteiger partial charge >= 0.3 is 0 Å². The van der Waals surface area contributed by atoms with Gasteiger partial charge in [-0.3, -0.25) is 14.9 Å². The number of piperidine rings is 2. The molecule has 0 spiro atoms. The van der Waals surface area contributed by atoms with E-state index in [2.05, 4.69) is 33.7 Å². The van der Waals surface area contributed by atoms with Crippen molar-refractivity contribution < 1.29 is 9.59 Å². The Hall–Kier alpha value is -0.580. The third-order valence-electron chi connectivity index (χ3n) is 8.35. The molecule has 9 unspecified atom stereocenters. The minimum atomic E-state index is -0.0908. The molecule has 5 N–H and O–H groups in total. The van der Waals surface area contributed by atoms with Crippen molar-refractivity contribution in [1.29, 1.82) is 0 Å². The van der Waals surface area contributed by atoms with Crippen LogP contribution in [0, 0.1) is 29.6 Å². The van der Waals surface area contributed by atoms with Gasteiger partial charge in [0.1, 0.15) is 6.17 Å². The first-order valence-corrected chi connectivity index (χ1v) is 13.8. The quantitative estimate of drug-likeness (QED) is 0.374. The largest absolute Gasteiger partial charge is 0.356 e. The third-order valence-corrected chi connectivity index (χ3v) is 10.5. The topological polar surface area (TPSA) is 97.5 Å². The number of fused-ring (bicyclic) bond motifs is 1. The van der Waals surface area contributed by atoms with Crippen LogP contribution >= 0.6 is 23.4 Å². The lowest BCUT2D eigenvalue weighted by Gasteiger charge is -2.44. The van der Waals surface area contributed by atoms with Crippen molar-refractivity contribution in [2.24, 2.45) is 29.6 Å². The monoisotopic (exact) mass is 484 g/mol. The number of amides is 2. The normalized spacial score (nSPS) is 45.3. The molecule has 0 aromatic heterocycles. The van der Waals surface area contributed by atoms with Crippen molar-refractivity contribution in [3.63, 3.8) is 0 Å². The highest BCUT2D eigenvalue weighted by atomic mass is 35.5. The molecule has 0 aromatic rings. The number of hydrogen-bond donors (Lipinski definition) is 5. The molecule has 4 saturated heterocycles. The Morgan fingerprint density at radius 1 is 1.16 bits per heavy atom. The van der Waals surface area contributed by atoms with Gasteiger partial charge in [0.05, 0.1) is 11.3 Å². The lowest BCUT2D eigenvalue weighted by Crippen LogP contribution is -2.64. The average molecular weight is 485 g/mol. The fourth-order valence-electron chi connectivity index (χ4n) is 6.67. The standard InChI is InChI=1S/C22H37ClN6O2S/c1-12-17(11-32-19(12)15-3-2-4-16-14(15)5-6-24-21(16)30)22(31)28-13-9-18(23)20(25-10-13)29-26-7-8-27-29/h12-20,25-27H,2-11H2,1H3,(H,24,30)(H,28,31). The van der Waals surface area contributed by atoms with Crippen LogP contribution in [0.15, 0.2) is 0 Å². The van der Waals surface area contributed by atoms with Crippen molar-refractivity contribution in [3.8, 4) is 0 Å². The highest BCUT2D eigenvalue weighted by Crippen LogP contribution is 2.50. The Kier molecular flexibility index (Phi) is 7.21. The minimum absolute atomic E-state index is 0.0181. The number of halogens is 1. The molecule has 1 saturated carbocycles. The van der Waals surface area contributed by atoms with Gasteiger partial charge in [-0.2, -0.15) is 16.9 Å². The maximum Gasteiger partial charge on any atom is 0.224 e. The highest BCUT2D eigenvalue weighted by molar-refractivity contribution is 8.00. The number of rotatable bonds is 4. The van der Waals surface area contributed by atoms with E-state index in [9.17, 15) is 9.59 Å². The van der Waals surface area contributed by atoms with Crippen molar-refractivity contribution >= 4 is 35.2 Å². The number of nitrogens with one attached hydrogen (secondary N) is 5. The van der Waals surface area contributed by atoms with E-state index in [1.165, 1.54) is 6.42 Å². The SMILES string of the molecule is CC1C(C(=O)NC2CNC(N3NCCN3)C(Cl)C2)CSC1C1CCCC2C(=O)NCCC21. The van der Waals surface area contributed by atoms with Crippen LogP contribution in [-0.2, 0) is 9.59 Å². The number of alkyl halides is 1. The molecule has 32 heavy (non-hydrogen) atoms. The first-order valence-electron chi connectivity index (χ1n) is 12.4. The maximum absolute atomic E-state index is 13.2. The Labute approximate surface area is 200 Å². The summed E-state index contributed by atoms with van der Waals surface area (Å²) in [7, 11) is 0. The van der Waals surface area contributed by atoms with Crippen LogP contribution in [0.1, 0.15) is 39.0 Å². The molecule has 5 fully saturated rings. The summed E-state index contributed by atoms with van der Waals surface area (Å²) in [5, 5.41) is 12.2. The van der Waals surface area contributed by atoms with Gasteiger partial charge in [-0.15, -0.1) is 11.6 Å². The predicted octanol–water partition coefficient (Wildman–Crippen LogP) is 0.643. The maximum atomic E-state index is 13.2. The van der Waals surface area contributed by atoms with Crippen molar-refractivity contribution in [2.45, 2.75) is 61.9 Å². The van der Waals surface area contributed by atoms with E-state index in [0.717, 1.165) is 57.6 Å². The minimum Gasteiger partial charge on any atom is -0.356 e. The van der Waals surface area contributed by atoms with E-state index in [-0.39, 0.29) is 41.2 Å². The molecule has 0 bridgehead atoms. The number of nitrogens with zero attached hydrogens (tertiary/aromatic N) is 1. The van der Waals surface area contributed by atoms with Crippen LogP contribution in [0.3, 0.4) is 0 Å². The molecule has 5 aliphatic rings. The van der Waals surface area contributed by atoms with E-state index in [4.69, 9.17) is 11.6 Å². The Balaban J connectivity index is 1.16. The zero-order valence-electron chi connectivity index (χ0n) is 18.8. The fraction of sp³-hybridized carbons (Fsp3) is 0.909. The summed E-state index contributed by atoms with van der Waals surface area (Å²) in [4.78, 5) is 25.6. The zero-order chi connectivity index (χ0) is 22.2. The van der Waals surface area contributed by atoms with Crippen molar-refractivity contribution in [1.82, 2.24) is 31.9 Å². The molecule has 9 atom stereocenters. The second-order valence-electron chi connectivity index (χ2n) is 10.2. The summed E-state index contributed by atoms with van der Waals surface area (Å²) in [5.74, 6) is 2.92. The molecule has 1 aliphatic carbocycles. The smallest absolute Gasteiger partial charge is 0.224 e. The molecule has 180 valence electrons. The van der Waals surface area contributed by atoms with Gasteiger partial charge in [0, 0.05) is 49.1 Å². The van der Waals surface area contributed by atoms with E-state index in [1.807, 2.05) is 16.9 Å². The average Bonchev–Trinajstić information content (AvgIpc) is 3.44. The molecule has 5 rings (SSSR count). The number of hydrazine groups is 2. The molecule has 0 aromatic carbocycles. The second kappa shape index (κ2) is 9.96.